The summed E-state index contributed by atoms with van der Waals surface area (Å²) in [6.45, 7) is 0. The van der Waals surface area contributed by atoms with Crippen molar-refractivity contribution in [3.05, 3.63) is 48.0 Å². The number of amides is 4. The minimum absolute atomic E-state index is 0.0642. The van der Waals surface area contributed by atoms with Crippen LogP contribution in [0.4, 0.5) is 0 Å². The lowest BCUT2D eigenvalue weighted by atomic mass is 9.83. The zero-order valence-electron chi connectivity index (χ0n) is 26.4. The second kappa shape index (κ2) is 18.6. The average molecular weight is 687 g/mol. The molecule has 4 amide bonds. The van der Waals surface area contributed by atoms with Crippen LogP contribution < -0.4 is 21.3 Å². The number of carbonyl (C=O) groups is 7. The van der Waals surface area contributed by atoms with Gasteiger partial charge in [-0.2, -0.15) is 12.6 Å². The third kappa shape index (κ3) is 11.9. The van der Waals surface area contributed by atoms with Crippen molar-refractivity contribution in [2.45, 2.75) is 88.4 Å². The molecule has 260 valence electrons. The monoisotopic (exact) mass is 686 g/mol. The average Bonchev–Trinajstić information content (AvgIpc) is 3.06. The Kier molecular flexibility index (Phi) is 14.7. The summed E-state index contributed by atoms with van der Waals surface area (Å²) in [5.41, 5.74) is 0.638. The van der Waals surface area contributed by atoms with Gasteiger partial charge in [0.1, 0.15) is 24.2 Å². The fourth-order valence-corrected chi connectivity index (χ4v) is 5.92. The van der Waals surface area contributed by atoms with E-state index in [1.54, 1.807) is 6.07 Å². The molecule has 1 saturated carbocycles. The number of nitrogens with one attached hydrogen (secondary N) is 4. The van der Waals surface area contributed by atoms with Crippen LogP contribution in [0.3, 0.4) is 0 Å². The Morgan fingerprint density at radius 1 is 0.688 bits per heavy atom. The summed E-state index contributed by atoms with van der Waals surface area (Å²) >= 11 is 3.99. The minimum atomic E-state index is -1.44. The predicted molar refractivity (Wildman–Crippen MR) is 177 cm³/mol. The van der Waals surface area contributed by atoms with Crippen LogP contribution in [0, 0.1) is 5.92 Å². The summed E-state index contributed by atoms with van der Waals surface area (Å²) in [4.78, 5) is 87.4. The molecule has 0 aromatic heterocycles. The first kappa shape index (κ1) is 37.8. The van der Waals surface area contributed by atoms with Gasteiger partial charge in [0.2, 0.25) is 23.6 Å². The van der Waals surface area contributed by atoms with Gasteiger partial charge in [-0.15, -0.1) is 0 Å². The third-order valence-corrected chi connectivity index (χ3v) is 8.61. The first-order valence-electron chi connectivity index (χ1n) is 15.8. The highest BCUT2D eigenvalue weighted by Gasteiger charge is 2.35. The number of aliphatic carboxylic acids is 3. The molecule has 4 atom stereocenters. The van der Waals surface area contributed by atoms with Gasteiger partial charge in [0.05, 0.1) is 6.42 Å². The lowest BCUT2D eigenvalue weighted by Crippen LogP contribution is -2.59. The number of thiol groups is 1. The fourth-order valence-electron chi connectivity index (χ4n) is 5.67. The van der Waals surface area contributed by atoms with E-state index in [-0.39, 0.29) is 30.9 Å². The molecule has 0 saturated heterocycles. The SMILES string of the molecule is O=C(O)CCC(=O)N[C@H](C(=O)N[C@@H](CCC(=O)O)C(=O)N[C@@H](Cc1ccc2ccccc2c1)C(=O)N[C@H](CS)C(=O)O)C1CCCCC1. The van der Waals surface area contributed by atoms with E-state index in [4.69, 9.17) is 5.11 Å². The summed E-state index contributed by atoms with van der Waals surface area (Å²) in [5, 5.41) is 39.7. The van der Waals surface area contributed by atoms with Gasteiger partial charge in [-0.05, 0) is 41.5 Å². The van der Waals surface area contributed by atoms with E-state index in [0.29, 0.717) is 18.4 Å². The summed E-state index contributed by atoms with van der Waals surface area (Å²) in [6.07, 6.45) is 2.03. The van der Waals surface area contributed by atoms with Crippen molar-refractivity contribution < 1.29 is 48.9 Å². The number of hydrogen-bond donors (Lipinski definition) is 8. The molecule has 1 aliphatic carbocycles. The normalized spacial score (nSPS) is 15.7. The first-order valence-corrected chi connectivity index (χ1v) is 16.5. The van der Waals surface area contributed by atoms with Gasteiger partial charge < -0.3 is 36.6 Å². The van der Waals surface area contributed by atoms with Crippen molar-refractivity contribution in [1.29, 1.82) is 0 Å². The van der Waals surface area contributed by atoms with Crippen LogP contribution in [-0.2, 0) is 40.0 Å². The first-order chi connectivity index (χ1) is 22.9. The number of benzene rings is 2. The zero-order chi connectivity index (χ0) is 35.2. The Bertz CT molecular complexity index is 1500. The van der Waals surface area contributed by atoms with E-state index in [9.17, 15) is 43.8 Å². The van der Waals surface area contributed by atoms with Gasteiger partial charge in [0.15, 0.2) is 0 Å². The number of rotatable bonds is 18. The van der Waals surface area contributed by atoms with E-state index in [1.807, 2.05) is 36.4 Å². The van der Waals surface area contributed by atoms with E-state index in [1.165, 1.54) is 0 Å². The predicted octanol–water partition coefficient (Wildman–Crippen LogP) is 1.65. The molecule has 7 N–H and O–H groups in total. The van der Waals surface area contributed by atoms with Crippen molar-refractivity contribution in [2.24, 2.45) is 5.92 Å². The van der Waals surface area contributed by atoms with Crippen molar-refractivity contribution in [2.75, 3.05) is 5.75 Å². The molecule has 0 bridgehead atoms. The molecular formula is C33H42N4O10S. The molecular weight excluding hydrogens is 644 g/mol. The molecule has 0 spiro atoms. The maximum atomic E-state index is 13.7. The van der Waals surface area contributed by atoms with Gasteiger partial charge in [0, 0.05) is 25.0 Å². The molecule has 15 heteroatoms. The second-order valence-corrected chi connectivity index (χ2v) is 12.2. The second-order valence-electron chi connectivity index (χ2n) is 11.9. The number of hydrogen-bond acceptors (Lipinski definition) is 8. The molecule has 3 rings (SSSR count). The summed E-state index contributed by atoms with van der Waals surface area (Å²) in [7, 11) is 0. The van der Waals surface area contributed by atoms with Crippen molar-refractivity contribution in [3.8, 4) is 0 Å². The fraction of sp³-hybridized carbons (Fsp3) is 0.485. The van der Waals surface area contributed by atoms with E-state index < -0.39 is 78.5 Å². The quantitative estimate of drug-likeness (QED) is 0.106. The molecule has 2 aromatic rings. The Morgan fingerprint density at radius 3 is 1.92 bits per heavy atom. The highest BCUT2D eigenvalue weighted by atomic mass is 32.1. The van der Waals surface area contributed by atoms with E-state index >= 15 is 0 Å². The van der Waals surface area contributed by atoms with E-state index in [0.717, 1.165) is 30.0 Å². The van der Waals surface area contributed by atoms with Gasteiger partial charge in [0.25, 0.3) is 0 Å². The van der Waals surface area contributed by atoms with Gasteiger partial charge in [-0.1, -0.05) is 61.7 Å². The van der Waals surface area contributed by atoms with Gasteiger partial charge >= 0.3 is 17.9 Å². The zero-order valence-corrected chi connectivity index (χ0v) is 27.2. The highest BCUT2D eigenvalue weighted by Crippen LogP contribution is 2.27. The topological polar surface area (TPSA) is 228 Å². The summed E-state index contributed by atoms with van der Waals surface area (Å²) in [5.74, 6) is -7.38. The lowest BCUT2D eigenvalue weighted by molar-refractivity contribution is -0.141. The van der Waals surface area contributed by atoms with Crippen LogP contribution >= 0.6 is 12.6 Å². The highest BCUT2D eigenvalue weighted by molar-refractivity contribution is 7.80. The Morgan fingerprint density at radius 2 is 1.29 bits per heavy atom. The molecule has 0 aliphatic heterocycles. The molecule has 1 fully saturated rings. The number of carboxylic acids is 3. The van der Waals surface area contributed by atoms with Crippen LogP contribution in [0.2, 0.25) is 0 Å². The van der Waals surface area contributed by atoms with Crippen LogP contribution in [0.1, 0.15) is 63.4 Å². The van der Waals surface area contributed by atoms with Crippen molar-refractivity contribution >= 4 is 64.9 Å². The van der Waals surface area contributed by atoms with E-state index in [2.05, 4.69) is 33.9 Å². The number of fused-ring (bicyclic) bond motifs is 1. The minimum Gasteiger partial charge on any atom is -0.481 e. The largest absolute Gasteiger partial charge is 0.481 e. The van der Waals surface area contributed by atoms with Crippen LogP contribution in [-0.4, -0.2) is 86.8 Å². The molecule has 1 aliphatic rings. The van der Waals surface area contributed by atoms with Gasteiger partial charge in [-0.25, -0.2) is 4.79 Å². The number of carbonyl (C=O) groups excluding carboxylic acids is 4. The van der Waals surface area contributed by atoms with Crippen LogP contribution in [0.15, 0.2) is 42.5 Å². The maximum absolute atomic E-state index is 13.7. The third-order valence-electron chi connectivity index (χ3n) is 8.25. The summed E-state index contributed by atoms with van der Waals surface area (Å²) < 4.78 is 0. The van der Waals surface area contributed by atoms with Crippen molar-refractivity contribution in [3.63, 3.8) is 0 Å². The molecule has 2 aromatic carbocycles. The molecule has 0 heterocycles. The molecule has 0 unspecified atom stereocenters. The Balaban J connectivity index is 1.87. The van der Waals surface area contributed by atoms with Gasteiger partial charge in [-0.3, -0.25) is 28.8 Å². The molecule has 0 radical (unpaired) electrons. The number of carboxylic acid groups (broad SMARTS) is 3. The van der Waals surface area contributed by atoms with Crippen molar-refractivity contribution in [1.82, 2.24) is 21.3 Å². The maximum Gasteiger partial charge on any atom is 0.327 e. The standard InChI is InChI=1S/C33H42N4O10S/c38-26(13-15-28(41)42)37-29(21-7-2-1-3-8-21)32(45)34-23(12-14-27(39)40)30(43)35-24(31(44)36-25(18-48)33(46)47)17-19-10-11-20-6-4-5-9-22(20)16-19/h4-6,9-11,16,21,23-25,29,48H,1-3,7-8,12-15,17-18H2,(H,34,45)(H,35,43)(H,36,44)(H,37,38)(H,39,40)(H,41,42)(H,46,47)/t23-,24-,25+,29-/m0/s1. The summed E-state index contributed by atoms with van der Waals surface area (Å²) in [6, 6.07) is 7.66. The lowest BCUT2D eigenvalue weighted by Gasteiger charge is -2.31. The Labute approximate surface area is 282 Å². The van der Waals surface area contributed by atoms with Crippen LogP contribution in [0.25, 0.3) is 10.8 Å². The van der Waals surface area contributed by atoms with Crippen LogP contribution in [0.5, 0.6) is 0 Å². The molecule has 48 heavy (non-hydrogen) atoms. The Hall–Kier alpha value is -4.66. The smallest absolute Gasteiger partial charge is 0.327 e. The molecule has 14 nitrogen and oxygen atoms in total.